The van der Waals surface area contributed by atoms with Gasteiger partial charge in [0.25, 0.3) is 0 Å². The topological polar surface area (TPSA) is 26.3 Å². The highest BCUT2D eigenvalue weighted by Gasteiger charge is 2.07. The Labute approximate surface area is 80.8 Å². The maximum atomic E-state index is 5.41. The SMILES string of the molecule is c1coc(-c2cccc3ccoc23)c1. The van der Waals surface area contributed by atoms with E-state index in [0.29, 0.717) is 0 Å². The molecule has 0 unspecified atom stereocenters. The Kier molecular flexibility index (Phi) is 1.47. The van der Waals surface area contributed by atoms with Gasteiger partial charge in [-0.15, -0.1) is 0 Å². The largest absolute Gasteiger partial charge is 0.464 e. The second-order valence-electron chi connectivity index (χ2n) is 3.12. The third kappa shape index (κ3) is 0.973. The second-order valence-corrected chi connectivity index (χ2v) is 3.12. The van der Waals surface area contributed by atoms with Crippen molar-refractivity contribution in [1.82, 2.24) is 0 Å². The lowest BCUT2D eigenvalue weighted by Gasteiger charge is -1.96. The first-order valence-corrected chi connectivity index (χ1v) is 4.45. The summed E-state index contributed by atoms with van der Waals surface area (Å²) in [5.74, 6) is 0.838. The average Bonchev–Trinajstić information content (AvgIpc) is 2.88. The normalized spacial score (nSPS) is 10.9. The first kappa shape index (κ1) is 7.44. The van der Waals surface area contributed by atoms with Crippen LogP contribution in [0.5, 0.6) is 0 Å². The van der Waals surface area contributed by atoms with E-state index in [1.807, 2.05) is 36.4 Å². The number of hydrogen-bond donors (Lipinski definition) is 0. The van der Waals surface area contributed by atoms with Gasteiger partial charge >= 0.3 is 0 Å². The summed E-state index contributed by atoms with van der Waals surface area (Å²) in [6.07, 6.45) is 3.36. The van der Waals surface area contributed by atoms with E-state index in [2.05, 4.69) is 0 Å². The van der Waals surface area contributed by atoms with Crippen LogP contribution in [0.4, 0.5) is 0 Å². The Morgan fingerprint density at radius 2 is 1.79 bits per heavy atom. The third-order valence-corrected chi connectivity index (χ3v) is 2.27. The molecule has 0 bridgehead atoms. The zero-order valence-corrected chi connectivity index (χ0v) is 7.44. The van der Waals surface area contributed by atoms with Crippen LogP contribution >= 0.6 is 0 Å². The number of benzene rings is 1. The van der Waals surface area contributed by atoms with Crippen LogP contribution in [0.2, 0.25) is 0 Å². The lowest BCUT2D eigenvalue weighted by atomic mass is 10.1. The maximum absolute atomic E-state index is 5.41. The molecule has 0 spiro atoms. The highest BCUT2D eigenvalue weighted by molar-refractivity contribution is 5.90. The molecule has 3 rings (SSSR count). The molecule has 3 aromatic rings. The lowest BCUT2D eigenvalue weighted by Crippen LogP contribution is -1.73. The van der Waals surface area contributed by atoms with Gasteiger partial charge < -0.3 is 8.83 Å². The van der Waals surface area contributed by atoms with E-state index < -0.39 is 0 Å². The van der Waals surface area contributed by atoms with E-state index >= 15 is 0 Å². The van der Waals surface area contributed by atoms with Gasteiger partial charge in [0.15, 0.2) is 0 Å². The number of para-hydroxylation sites is 1. The van der Waals surface area contributed by atoms with E-state index in [1.165, 1.54) is 0 Å². The molecule has 0 fully saturated rings. The summed E-state index contributed by atoms with van der Waals surface area (Å²) in [7, 11) is 0. The van der Waals surface area contributed by atoms with Gasteiger partial charge in [-0.05, 0) is 24.3 Å². The van der Waals surface area contributed by atoms with Crippen LogP contribution in [-0.4, -0.2) is 0 Å². The predicted octanol–water partition coefficient (Wildman–Crippen LogP) is 3.69. The van der Waals surface area contributed by atoms with Gasteiger partial charge in [0.05, 0.1) is 18.1 Å². The van der Waals surface area contributed by atoms with Crippen LogP contribution in [0, 0.1) is 0 Å². The van der Waals surface area contributed by atoms with Crippen LogP contribution in [0.3, 0.4) is 0 Å². The summed E-state index contributed by atoms with van der Waals surface area (Å²) < 4.78 is 10.7. The van der Waals surface area contributed by atoms with Crippen molar-refractivity contribution in [3.8, 4) is 11.3 Å². The molecule has 0 amide bonds. The standard InChI is InChI=1S/C12H8O2/c1-3-9-6-8-14-12(9)10(4-1)11-5-2-7-13-11/h1-8H. The minimum atomic E-state index is 0.838. The Morgan fingerprint density at radius 1 is 0.786 bits per heavy atom. The monoisotopic (exact) mass is 184 g/mol. The fourth-order valence-corrected chi connectivity index (χ4v) is 1.62. The Hall–Kier alpha value is -1.96. The molecular formula is C12H8O2. The summed E-state index contributed by atoms with van der Waals surface area (Å²) in [5.41, 5.74) is 1.87. The molecule has 1 aromatic carbocycles. The van der Waals surface area contributed by atoms with Crippen LogP contribution < -0.4 is 0 Å². The van der Waals surface area contributed by atoms with Gasteiger partial charge in [-0.25, -0.2) is 0 Å². The quantitative estimate of drug-likeness (QED) is 0.576. The van der Waals surface area contributed by atoms with Gasteiger partial charge in [0, 0.05) is 5.39 Å². The van der Waals surface area contributed by atoms with Gasteiger partial charge in [-0.1, -0.05) is 12.1 Å². The molecule has 2 heteroatoms. The first-order valence-electron chi connectivity index (χ1n) is 4.45. The molecule has 0 aliphatic heterocycles. The van der Waals surface area contributed by atoms with Crippen molar-refractivity contribution < 1.29 is 8.83 Å². The molecule has 2 nitrogen and oxygen atoms in total. The van der Waals surface area contributed by atoms with E-state index in [4.69, 9.17) is 8.83 Å². The van der Waals surface area contributed by atoms with Crippen molar-refractivity contribution in [2.24, 2.45) is 0 Å². The molecule has 2 aromatic heterocycles. The highest BCUT2D eigenvalue weighted by Crippen LogP contribution is 2.29. The third-order valence-electron chi connectivity index (χ3n) is 2.27. The predicted molar refractivity (Wildman–Crippen MR) is 53.9 cm³/mol. The van der Waals surface area contributed by atoms with Crippen molar-refractivity contribution in [2.75, 3.05) is 0 Å². The van der Waals surface area contributed by atoms with Crippen LogP contribution in [0.25, 0.3) is 22.3 Å². The summed E-state index contributed by atoms with van der Waals surface area (Å²) in [6, 6.07) is 11.8. The van der Waals surface area contributed by atoms with Gasteiger partial charge in [0.1, 0.15) is 11.3 Å². The van der Waals surface area contributed by atoms with Crippen molar-refractivity contribution in [2.45, 2.75) is 0 Å². The van der Waals surface area contributed by atoms with Gasteiger partial charge in [0.2, 0.25) is 0 Å². The second kappa shape index (κ2) is 2.77. The molecule has 0 atom stereocenters. The smallest absolute Gasteiger partial charge is 0.144 e. The molecule has 2 heterocycles. The first-order chi connectivity index (χ1) is 6.95. The number of rotatable bonds is 1. The number of furan rings is 2. The van der Waals surface area contributed by atoms with E-state index in [1.54, 1.807) is 12.5 Å². The Morgan fingerprint density at radius 3 is 2.64 bits per heavy atom. The maximum Gasteiger partial charge on any atom is 0.144 e. The molecule has 0 aliphatic rings. The zero-order valence-electron chi connectivity index (χ0n) is 7.44. The zero-order chi connectivity index (χ0) is 9.38. The van der Waals surface area contributed by atoms with Crippen LogP contribution in [0.15, 0.2) is 57.8 Å². The number of fused-ring (bicyclic) bond motifs is 1. The molecule has 0 saturated heterocycles. The Bertz CT molecular complexity index is 546. The summed E-state index contributed by atoms with van der Waals surface area (Å²) in [5, 5.41) is 1.10. The van der Waals surface area contributed by atoms with Gasteiger partial charge in [-0.3, -0.25) is 0 Å². The average molecular weight is 184 g/mol. The fourth-order valence-electron chi connectivity index (χ4n) is 1.62. The minimum Gasteiger partial charge on any atom is -0.464 e. The summed E-state index contributed by atoms with van der Waals surface area (Å²) in [4.78, 5) is 0. The lowest BCUT2D eigenvalue weighted by molar-refractivity contribution is 0.577. The van der Waals surface area contributed by atoms with Crippen molar-refractivity contribution in [1.29, 1.82) is 0 Å². The molecule has 0 aliphatic carbocycles. The molecule has 0 radical (unpaired) electrons. The number of hydrogen-bond acceptors (Lipinski definition) is 2. The fraction of sp³-hybridized carbons (Fsp3) is 0. The van der Waals surface area contributed by atoms with E-state index in [9.17, 15) is 0 Å². The van der Waals surface area contributed by atoms with E-state index in [0.717, 1.165) is 22.3 Å². The Balaban J connectivity index is 2.36. The van der Waals surface area contributed by atoms with Crippen LogP contribution in [0.1, 0.15) is 0 Å². The van der Waals surface area contributed by atoms with Crippen molar-refractivity contribution in [3.63, 3.8) is 0 Å². The van der Waals surface area contributed by atoms with Crippen molar-refractivity contribution >= 4 is 11.0 Å². The molecule has 68 valence electrons. The summed E-state index contributed by atoms with van der Waals surface area (Å²) in [6.45, 7) is 0. The van der Waals surface area contributed by atoms with Crippen molar-refractivity contribution in [3.05, 3.63) is 48.9 Å². The highest BCUT2D eigenvalue weighted by atomic mass is 16.3. The van der Waals surface area contributed by atoms with Crippen LogP contribution in [-0.2, 0) is 0 Å². The van der Waals surface area contributed by atoms with E-state index in [-0.39, 0.29) is 0 Å². The molecule has 14 heavy (non-hydrogen) atoms. The molecule has 0 N–H and O–H groups in total. The molecule has 0 saturated carbocycles. The molecular weight excluding hydrogens is 176 g/mol. The minimum absolute atomic E-state index is 0.838. The van der Waals surface area contributed by atoms with Gasteiger partial charge in [-0.2, -0.15) is 0 Å². The summed E-state index contributed by atoms with van der Waals surface area (Å²) >= 11 is 0.